The zero-order valence-corrected chi connectivity index (χ0v) is 20.5. The highest BCUT2D eigenvalue weighted by atomic mass is 14.6. The fourth-order valence-corrected chi connectivity index (χ4v) is 5.96. The molecule has 37 heavy (non-hydrogen) atoms. The molecule has 0 radical (unpaired) electrons. The van der Waals surface area contributed by atoms with Gasteiger partial charge >= 0.3 is 0 Å². The Hall–Kier alpha value is -4.62. The molecule has 176 valence electrons. The molecule has 1 heteroatoms. The van der Waals surface area contributed by atoms with Crippen LogP contribution in [0.25, 0.3) is 44.5 Å². The zero-order valence-electron chi connectivity index (χ0n) is 20.5. The summed E-state index contributed by atoms with van der Waals surface area (Å²) in [6, 6.07) is 41.4. The molecule has 0 fully saturated rings. The minimum atomic E-state index is 0.287. The number of nitrogens with two attached hydrogens (primary N) is 1. The number of fused-ring (bicyclic) bond motifs is 6. The lowest BCUT2D eigenvalue weighted by Crippen LogP contribution is -2.17. The lowest BCUT2D eigenvalue weighted by molar-refractivity contribution is 0.721. The Labute approximate surface area is 218 Å². The Morgan fingerprint density at radius 2 is 0.919 bits per heavy atom. The van der Waals surface area contributed by atoms with Gasteiger partial charge in [-0.3, -0.25) is 0 Å². The standard InChI is InChI=1S/C36H27N/c37-36-23-35-30-14-8-7-13-29(30)33-21-28(26-17-15-25(16-18-26)24-9-3-1-4-10-24)19-20-31(33)34(35)22-32(36)27-11-5-2-6-12-27/h1-23,29-30H,37H2. The van der Waals surface area contributed by atoms with Crippen LogP contribution in [0.2, 0.25) is 0 Å². The monoisotopic (exact) mass is 473 g/mol. The number of hydrogen-bond donors (Lipinski definition) is 1. The van der Waals surface area contributed by atoms with E-state index in [1.165, 1.54) is 44.5 Å². The summed E-state index contributed by atoms with van der Waals surface area (Å²) in [5.74, 6) is 0.591. The predicted molar refractivity (Wildman–Crippen MR) is 156 cm³/mol. The molecule has 0 bridgehead atoms. The third kappa shape index (κ3) is 3.72. The zero-order chi connectivity index (χ0) is 24.8. The van der Waals surface area contributed by atoms with Crippen LogP contribution < -0.4 is 5.73 Å². The van der Waals surface area contributed by atoms with Crippen molar-refractivity contribution < 1.29 is 0 Å². The van der Waals surface area contributed by atoms with Crippen molar-refractivity contribution in [1.29, 1.82) is 0 Å². The number of hydrogen-bond acceptors (Lipinski definition) is 1. The van der Waals surface area contributed by atoms with E-state index in [0.29, 0.717) is 5.92 Å². The summed E-state index contributed by atoms with van der Waals surface area (Å²) in [4.78, 5) is 0. The number of anilines is 1. The molecule has 5 aromatic rings. The van der Waals surface area contributed by atoms with E-state index in [-0.39, 0.29) is 5.92 Å². The quantitative estimate of drug-likeness (QED) is 0.260. The topological polar surface area (TPSA) is 26.0 Å². The molecule has 0 aliphatic heterocycles. The van der Waals surface area contributed by atoms with Gasteiger partial charge in [0.2, 0.25) is 0 Å². The van der Waals surface area contributed by atoms with Gasteiger partial charge in [0.25, 0.3) is 0 Å². The van der Waals surface area contributed by atoms with Crippen LogP contribution in [-0.4, -0.2) is 0 Å². The van der Waals surface area contributed by atoms with Gasteiger partial charge in [-0.1, -0.05) is 121 Å². The van der Waals surface area contributed by atoms with Crippen LogP contribution in [0.1, 0.15) is 23.0 Å². The average molecular weight is 474 g/mol. The maximum Gasteiger partial charge on any atom is 0.0397 e. The first kappa shape index (κ1) is 21.6. The van der Waals surface area contributed by atoms with E-state index in [2.05, 4.69) is 133 Å². The first-order chi connectivity index (χ1) is 18.3. The summed E-state index contributed by atoms with van der Waals surface area (Å²) in [7, 11) is 0. The molecule has 2 aliphatic rings. The van der Waals surface area contributed by atoms with E-state index in [9.17, 15) is 0 Å². The molecule has 0 saturated carbocycles. The molecule has 2 atom stereocenters. The molecule has 0 aromatic heterocycles. The first-order valence-corrected chi connectivity index (χ1v) is 12.9. The molecule has 0 spiro atoms. The van der Waals surface area contributed by atoms with Crippen molar-refractivity contribution in [2.24, 2.45) is 0 Å². The van der Waals surface area contributed by atoms with Crippen LogP contribution in [-0.2, 0) is 0 Å². The number of benzene rings is 5. The Bertz CT molecular complexity index is 1660. The fraction of sp³-hybridized carbons (Fsp3) is 0.0556. The van der Waals surface area contributed by atoms with Crippen molar-refractivity contribution in [2.75, 3.05) is 5.73 Å². The molecule has 2 unspecified atom stereocenters. The second-order valence-electron chi connectivity index (χ2n) is 9.96. The highest BCUT2D eigenvalue weighted by Gasteiger charge is 2.32. The molecule has 2 aliphatic carbocycles. The maximum atomic E-state index is 6.63. The van der Waals surface area contributed by atoms with E-state index in [4.69, 9.17) is 5.73 Å². The lowest BCUT2D eigenvalue weighted by atomic mass is 9.69. The molecular formula is C36H27N. The van der Waals surface area contributed by atoms with E-state index in [1.807, 2.05) is 6.07 Å². The van der Waals surface area contributed by atoms with Crippen LogP contribution >= 0.6 is 0 Å². The molecule has 0 saturated heterocycles. The Balaban J connectivity index is 1.35. The summed E-state index contributed by atoms with van der Waals surface area (Å²) >= 11 is 0. The van der Waals surface area contributed by atoms with E-state index < -0.39 is 0 Å². The van der Waals surface area contributed by atoms with E-state index >= 15 is 0 Å². The summed E-state index contributed by atoms with van der Waals surface area (Å²) in [6.45, 7) is 0. The SMILES string of the molecule is Nc1cc2c(cc1-c1ccccc1)-c1ccc(-c3ccc(-c4ccccc4)cc3)cc1C1C=CC=CC21. The van der Waals surface area contributed by atoms with Crippen molar-refractivity contribution in [3.8, 4) is 44.5 Å². The minimum absolute atomic E-state index is 0.287. The minimum Gasteiger partial charge on any atom is -0.398 e. The first-order valence-electron chi connectivity index (χ1n) is 12.9. The molecule has 1 nitrogen and oxygen atoms in total. The third-order valence-electron chi connectivity index (χ3n) is 7.83. The summed E-state index contributed by atoms with van der Waals surface area (Å²) in [5.41, 5.74) is 20.0. The van der Waals surface area contributed by atoms with Gasteiger partial charge in [0.05, 0.1) is 0 Å². The second kappa shape index (κ2) is 8.80. The lowest BCUT2D eigenvalue weighted by Gasteiger charge is -2.35. The average Bonchev–Trinajstić information content (AvgIpc) is 2.98. The maximum absolute atomic E-state index is 6.63. The Kier molecular flexibility index (Phi) is 5.15. The highest BCUT2D eigenvalue weighted by molar-refractivity contribution is 5.88. The van der Waals surface area contributed by atoms with Crippen LogP contribution in [0.5, 0.6) is 0 Å². The van der Waals surface area contributed by atoms with Gasteiger partial charge < -0.3 is 5.73 Å². The van der Waals surface area contributed by atoms with Crippen molar-refractivity contribution in [3.63, 3.8) is 0 Å². The van der Waals surface area contributed by atoms with Crippen molar-refractivity contribution in [3.05, 3.63) is 151 Å². The van der Waals surface area contributed by atoms with Crippen LogP contribution in [0, 0.1) is 0 Å². The van der Waals surface area contributed by atoms with Gasteiger partial charge in [-0.05, 0) is 68.3 Å². The number of nitrogen functional groups attached to an aromatic ring is 1. The molecule has 2 N–H and O–H groups in total. The number of allylic oxidation sites excluding steroid dienone is 4. The molecular weight excluding hydrogens is 446 g/mol. The van der Waals surface area contributed by atoms with E-state index in [1.54, 1.807) is 0 Å². The van der Waals surface area contributed by atoms with Gasteiger partial charge in [-0.2, -0.15) is 0 Å². The van der Waals surface area contributed by atoms with Crippen molar-refractivity contribution in [2.45, 2.75) is 11.8 Å². The van der Waals surface area contributed by atoms with Gasteiger partial charge in [-0.15, -0.1) is 0 Å². The summed E-state index contributed by atoms with van der Waals surface area (Å²) in [5, 5.41) is 0. The highest BCUT2D eigenvalue weighted by Crippen LogP contribution is 2.52. The van der Waals surface area contributed by atoms with Crippen LogP contribution in [0.4, 0.5) is 5.69 Å². The van der Waals surface area contributed by atoms with Crippen LogP contribution in [0.3, 0.4) is 0 Å². The molecule has 5 aromatic carbocycles. The van der Waals surface area contributed by atoms with Gasteiger partial charge in [0.15, 0.2) is 0 Å². The molecule has 0 amide bonds. The van der Waals surface area contributed by atoms with Gasteiger partial charge in [-0.25, -0.2) is 0 Å². The van der Waals surface area contributed by atoms with Gasteiger partial charge in [0.1, 0.15) is 0 Å². The molecule has 0 heterocycles. The summed E-state index contributed by atoms with van der Waals surface area (Å²) < 4.78 is 0. The van der Waals surface area contributed by atoms with Crippen molar-refractivity contribution >= 4 is 5.69 Å². The van der Waals surface area contributed by atoms with Crippen LogP contribution in [0.15, 0.2) is 140 Å². The summed E-state index contributed by atoms with van der Waals surface area (Å²) in [6.07, 6.45) is 9.02. The number of rotatable bonds is 3. The molecule has 7 rings (SSSR count). The predicted octanol–water partition coefficient (Wildman–Crippen LogP) is 9.24. The second-order valence-corrected chi connectivity index (χ2v) is 9.96. The fourth-order valence-electron chi connectivity index (χ4n) is 5.96. The van der Waals surface area contributed by atoms with Gasteiger partial charge in [0, 0.05) is 23.1 Å². The Morgan fingerprint density at radius 3 is 1.57 bits per heavy atom. The van der Waals surface area contributed by atoms with Crippen molar-refractivity contribution in [1.82, 2.24) is 0 Å². The Morgan fingerprint density at radius 1 is 0.405 bits per heavy atom. The third-order valence-corrected chi connectivity index (χ3v) is 7.83. The largest absolute Gasteiger partial charge is 0.398 e. The normalized spacial score (nSPS) is 17.1. The van der Waals surface area contributed by atoms with E-state index in [0.717, 1.165) is 16.8 Å². The smallest absolute Gasteiger partial charge is 0.0397 e.